The summed E-state index contributed by atoms with van der Waals surface area (Å²) < 4.78 is 1.24. The minimum absolute atomic E-state index is 0.0599. The van der Waals surface area contributed by atoms with E-state index in [0.29, 0.717) is 0 Å². The number of carbonyl (C=O) groups excluding carboxylic acids is 1. The maximum Gasteiger partial charge on any atom is 0.336 e. The molecule has 1 aromatic heterocycles. The van der Waals surface area contributed by atoms with E-state index in [1.807, 2.05) is 0 Å². The van der Waals surface area contributed by atoms with Crippen LogP contribution in [0.15, 0.2) is 36.7 Å². The molecule has 0 bridgehead atoms. The summed E-state index contributed by atoms with van der Waals surface area (Å²) in [6.07, 6.45) is 3.01. The molecule has 2 rings (SSSR count). The summed E-state index contributed by atoms with van der Waals surface area (Å²) in [7, 11) is 0. The van der Waals surface area contributed by atoms with Crippen LogP contribution in [0.25, 0.3) is 0 Å². The molecule has 0 aliphatic rings. The van der Waals surface area contributed by atoms with E-state index >= 15 is 0 Å². The fourth-order valence-electron chi connectivity index (χ4n) is 1.54. The van der Waals surface area contributed by atoms with Gasteiger partial charge in [-0.25, -0.2) is 4.79 Å². The highest BCUT2D eigenvalue weighted by atomic mass is 35.5. The normalized spacial score (nSPS) is 10.3. The van der Waals surface area contributed by atoms with E-state index in [-0.39, 0.29) is 21.2 Å². The zero-order valence-corrected chi connectivity index (χ0v) is 10.4. The molecule has 4 nitrogen and oxygen atoms in total. The Kier molecular flexibility index (Phi) is 3.41. The highest BCUT2D eigenvalue weighted by Crippen LogP contribution is 2.29. The Labute approximate surface area is 112 Å². The molecule has 6 heteroatoms. The highest BCUT2D eigenvalue weighted by Gasteiger charge is 2.22. The fraction of sp³-hybridized carbons (Fsp3) is 0. The molecular formula is C12H7Cl2NO3. The van der Waals surface area contributed by atoms with Gasteiger partial charge in [-0.1, -0.05) is 23.2 Å². The van der Waals surface area contributed by atoms with Crippen LogP contribution in [0.5, 0.6) is 0 Å². The first kappa shape index (κ1) is 12.7. The van der Waals surface area contributed by atoms with Crippen molar-refractivity contribution in [2.24, 2.45) is 0 Å². The first-order chi connectivity index (χ1) is 8.52. The molecule has 0 saturated heterocycles. The van der Waals surface area contributed by atoms with Gasteiger partial charge in [0.05, 0.1) is 21.2 Å². The van der Waals surface area contributed by atoms with E-state index in [0.717, 1.165) is 0 Å². The molecule has 0 aliphatic heterocycles. The lowest BCUT2D eigenvalue weighted by Gasteiger charge is -2.09. The Hall–Kier alpha value is -1.78. The monoisotopic (exact) mass is 283 g/mol. The predicted molar refractivity (Wildman–Crippen MR) is 67.6 cm³/mol. The lowest BCUT2D eigenvalue weighted by Crippen LogP contribution is -2.15. The summed E-state index contributed by atoms with van der Waals surface area (Å²) in [5.74, 6) is -1.77. The molecular weight excluding hydrogens is 277 g/mol. The highest BCUT2D eigenvalue weighted by molar-refractivity contribution is 6.44. The summed E-state index contributed by atoms with van der Waals surface area (Å²) in [6, 6.07) is 5.90. The molecule has 0 unspecified atom stereocenters. The first-order valence-electron chi connectivity index (χ1n) is 4.91. The molecule has 0 radical (unpaired) electrons. The van der Waals surface area contributed by atoms with E-state index in [1.165, 1.54) is 29.1 Å². The van der Waals surface area contributed by atoms with Crippen molar-refractivity contribution in [2.75, 3.05) is 0 Å². The number of aromatic nitrogens is 1. The van der Waals surface area contributed by atoms with E-state index < -0.39 is 11.9 Å². The molecule has 18 heavy (non-hydrogen) atoms. The Morgan fingerprint density at radius 3 is 2.28 bits per heavy atom. The van der Waals surface area contributed by atoms with Crippen molar-refractivity contribution >= 4 is 35.1 Å². The topological polar surface area (TPSA) is 59.3 Å². The molecule has 1 N–H and O–H groups in total. The third-order valence-corrected chi connectivity index (χ3v) is 3.18. The number of hydrogen-bond donors (Lipinski definition) is 1. The largest absolute Gasteiger partial charge is 0.478 e. The molecule has 0 amide bonds. The standard InChI is InChI=1S/C12H7Cl2NO3/c13-8-4-3-7(12(17)18)9(10(8)14)11(16)15-5-1-2-6-15/h1-6H,(H,17,18). The van der Waals surface area contributed by atoms with Crippen LogP contribution in [-0.2, 0) is 0 Å². The number of carboxylic acid groups (broad SMARTS) is 1. The second-order valence-corrected chi connectivity index (χ2v) is 4.27. The van der Waals surface area contributed by atoms with Crippen LogP contribution in [0.4, 0.5) is 0 Å². The van der Waals surface area contributed by atoms with E-state index in [4.69, 9.17) is 28.3 Å². The average molecular weight is 284 g/mol. The van der Waals surface area contributed by atoms with Gasteiger partial charge >= 0.3 is 5.97 Å². The van der Waals surface area contributed by atoms with Crippen LogP contribution in [0.2, 0.25) is 10.0 Å². The van der Waals surface area contributed by atoms with Crippen molar-refractivity contribution in [1.29, 1.82) is 0 Å². The number of nitrogens with zero attached hydrogens (tertiary/aromatic N) is 1. The lowest BCUT2D eigenvalue weighted by atomic mass is 10.1. The molecule has 0 atom stereocenters. The molecule has 0 aliphatic carbocycles. The van der Waals surface area contributed by atoms with Gasteiger partial charge in [0.1, 0.15) is 0 Å². The van der Waals surface area contributed by atoms with Crippen LogP contribution >= 0.6 is 23.2 Å². The van der Waals surface area contributed by atoms with Crippen molar-refractivity contribution in [3.05, 3.63) is 57.8 Å². The number of hydrogen-bond acceptors (Lipinski definition) is 2. The number of halogens is 2. The van der Waals surface area contributed by atoms with Gasteiger partial charge < -0.3 is 5.11 Å². The van der Waals surface area contributed by atoms with Crippen molar-refractivity contribution in [2.45, 2.75) is 0 Å². The number of benzene rings is 1. The van der Waals surface area contributed by atoms with Gasteiger partial charge in [-0.15, -0.1) is 0 Å². The molecule has 0 saturated carbocycles. The molecule has 2 aromatic rings. The molecule has 0 fully saturated rings. The number of rotatable bonds is 2. The molecule has 0 spiro atoms. The van der Waals surface area contributed by atoms with Crippen LogP contribution in [-0.4, -0.2) is 21.6 Å². The fourth-order valence-corrected chi connectivity index (χ4v) is 1.94. The van der Waals surface area contributed by atoms with E-state index in [2.05, 4.69) is 0 Å². The maximum absolute atomic E-state index is 12.2. The van der Waals surface area contributed by atoms with Crippen molar-refractivity contribution in [1.82, 2.24) is 4.57 Å². The zero-order chi connectivity index (χ0) is 13.3. The predicted octanol–water partition coefficient (Wildman–Crippen LogP) is 3.18. The van der Waals surface area contributed by atoms with Gasteiger partial charge in [0.15, 0.2) is 0 Å². The number of aromatic carboxylic acids is 1. The van der Waals surface area contributed by atoms with Gasteiger partial charge in [-0.05, 0) is 24.3 Å². The Morgan fingerprint density at radius 2 is 1.72 bits per heavy atom. The second kappa shape index (κ2) is 4.84. The Balaban J connectivity index is 2.65. The molecule has 92 valence electrons. The summed E-state index contributed by atoms with van der Waals surface area (Å²) >= 11 is 11.7. The third kappa shape index (κ3) is 2.12. The lowest BCUT2D eigenvalue weighted by molar-refractivity contribution is 0.0691. The molecule has 1 heterocycles. The minimum Gasteiger partial charge on any atom is -0.478 e. The number of carbonyl (C=O) groups is 2. The zero-order valence-electron chi connectivity index (χ0n) is 8.93. The van der Waals surface area contributed by atoms with Crippen LogP contribution in [0.3, 0.4) is 0 Å². The van der Waals surface area contributed by atoms with Gasteiger partial charge in [-0.3, -0.25) is 9.36 Å². The third-order valence-electron chi connectivity index (χ3n) is 2.38. The summed E-state index contributed by atoms with van der Waals surface area (Å²) in [5, 5.41) is 9.14. The molecule has 1 aromatic carbocycles. The second-order valence-electron chi connectivity index (χ2n) is 3.48. The quantitative estimate of drug-likeness (QED) is 0.921. The minimum atomic E-state index is -1.23. The smallest absolute Gasteiger partial charge is 0.336 e. The van der Waals surface area contributed by atoms with E-state index in [1.54, 1.807) is 12.1 Å². The van der Waals surface area contributed by atoms with Crippen LogP contribution in [0.1, 0.15) is 20.7 Å². The van der Waals surface area contributed by atoms with Crippen LogP contribution < -0.4 is 0 Å². The van der Waals surface area contributed by atoms with Gasteiger partial charge in [0, 0.05) is 12.4 Å². The van der Waals surface area contributed by atoms with Crippen molar-refractivity contribution in [3.63, 3.8) is 0 Å². The summed E-state index contributed by atoms with van der Waals surface area (Å²) in [4.78, 5) is 23.3. The van der Waals surface area contributed by atoms with Gasteiger partial charge in [0.2, 0.25) is 0 Å². The van der Waals surface area contributed by atoms with Crippen molar-refractivity contribution < 1.29 is 14.7 Å². The van der Waals surface area contributed by atoms with Gasteiger partial charge in [0.25, 0.3) is 5.91 Å². The SMILES string of the molecule is O=C(O)c1ccc(Cl)c(Cl)c1C(=O)n1cccc1. The summed E-state index contributed by atoms with van der Waals surface area (Å²) in [6.45, 7) is 0. The van der Waals surface area contributed by atoms with Crippen molar-refractivity contribution in [3.8, 4) is 0 Å². The van der Waals surface area contributed by atoms with Gasteiger partial charge in [-0.2, -0.15) is 0 Å². The maximum atomic E-state index is 12.2. The average Bonchev–Trinajstić information content (AvgIpc) is 2.84. The van der Waals surface area contributed by atoms with E-state index in [9.17, 15) is 9.59 Å². The Bertz CT molecular complexity index is 621. The first-order valence-corrected chi connectivity index (χ1v) is 5.67. The number of carboxylic acids is 1. The summed E-state index contributed by atoms with van der Waals surface area (Å²) in [5.41, 5.74) is -0.295. The Morgan fingerprint density at radius 1 is 1.11 bits per heavy atom. The van der Waals surface area contributed by atoms with Crippen LogP contribution in [0, 0.1) is 0 Å².